The average molecular weight is 231 g/mol. The van der Waals surface area contributed by atoms with Gasteiger partial charge in [0.15, 0.2) is 9.84 Å². The lowest BCUT2D eigenvalue weighted by Gasteiger charge is -2.06. The Bertz CT molecular complexity index is 443. The van der Waals surface area contributed by atoms with E-state index < -0.39 is 15.7 Å². The molecule has 84 valence electrons. The van der Waals surface area contributed by atoms with Gasteiger partial charge in [0.1, 0.15) is 5.82 Å². The lowest BCUT2D eigenvalue weighted by atomic mass is 10.1. The molecule has 0 bridgehead atoms. The minimum absolute atomic E-state index is 0.0132. The molecular weight excluding hydrogens is 217 g/mol. The molecule has 0 fully saturated rings. The van der Waals surface area contributed by atoms with E-state index in [0.29, 0.717) is 5.56 Å². The van der Waals surface area contributed by atoms with Crippen LogP contribution in [0.15, 0.2) is 18.2 Å². The van der Waals surface area contributed by atoms with Gasteiger partial charge in [-0.1, -0.05) is 25.1 Å². The van der Waals surface area contributed by atoms with Crippen LogP contribution in [0.2, 0.25) is 0 Å². The van der Waals surface area contributed by atoms with Gasteiger partial charge in [0.05, 0.1) is 5.75 Å². The standard InChI is InChI=1S/C10H14FNO2S/c1-2-15(13,14)7-9-5-3-4-8(6-12)10(9)11/h3-5H,2,6-7,12H2,1H3. The first-order chi connectivity index (χ1) is 7.00. The van der Waals surface area contributed by atoms with Crippen molar-refractivity contribution in [2.75, 3.05) is 5.75 Å². The quantitative estimate of drug-likeness (QED) is 0.847. The van der Waals surface area contributed by atoms with Crippen molar-refractivity contribution in [3.8, 4) is 0 Å². The first-order valence-electron chi connectivity index (χ1n) is 4.67. The first kappa shape index (κ1) is 12.1. The summed E-state index contributed by atoms with van der Waals surface area (Å²) in [6, 6.07) is 4.64. The fourth-order valence-electron chi connectivity index (χ4n) is 1.24. The van der Waals surface area contributed by atoms with Gasteiger partial charge in [0, 0.05) is 23.4 Å². The molecule has 1 aromatic carbocycles. The first-order valence-corrected chi connectivity index (χ1v) is 6.49. The summed E-state index contributed by atoms with van der Waals surface area (Å²) >= 11 is 0. The Labute approximate surface area is 89.0 Å². The van der Waals surface area contributed by atoms with E-state index in [1.54, 1.807) is 19.1 Å². The number of sulfone groups is 1. The fourth-order valence-corrected chi connectivity index (χ4v) is 2.14. The third kappa shape index (κ3) is 3.00. The largest absolute Gasteiger partial charge is 0.326 e. The molecule has 15 heavy (non-hydrogen) atoms. The SMILES string of the molecule is CCS(=O)(=O)Cc1cccc(CN)c1F. The maximum atomic E-state index is 13.6. The normalized spacial score (nSPS) is 11.7. The van der Waals surface area contributed by atoms with E-state index in [9.17, 15) is 12.8 Å². The van der Waals surface area contributed by atoms with Crippen molar-refractivity contribution in [2.45, 2.75) is 19.2 Å². The number of benzene rings is 1. The monoisotopic (exact) mass is 231 g/mol. The maximum Gasteiger partial charge on any atom is 0.154 e. The highest BCUT2D eigenvalue weighted by Crippen LogP contribution is 2.15. The second kappa shape index (κ2) is 4.72. The van der Waals surface area contributed by atoms with Crippen LogP contribution >= 0.6 is 0 Å². The predicted molar refractivity (Wildman–Crippen MR) is 57.5 cm³/mol. The number of nitrogens with two attached hydrogens (primary N) is 1. The molecule has 3 nitrogen and oxygen atoms in total. The van der Waals surface area contributed by atoms with Crippen molar-refractivity contribution in [1.82, 2.24) is 0 Å². The molecule has 0 atom stereocenters. The molecule has 0 amide bonds. The van der Waals surface area contributed by atoms with Gasteiger partial charge >= 0.3 is 0 Å². The summed E-state index contributed by atoms with van der Waals surface area (Å²) in [6.07, 6.45) is 0. The molecule has 0 radical (unpaired) electrons. The maximum absolute atomic E-state index is 13.6. The predicted octanol–water partition coefficient (Wildman–Crippen LogP) is 1.22. The molecule has 0 saturated heterocycles. The van der Waals surface area contributed by atoms with Crippen LogP contribution in [0.1, 0.15) is 18.1 Å². The molecule has 0 aliphatic carbocycles. The lowest BCUT2D eigenvalue weighted by molar-refractivity contribution is 0.582. The van der Waals surface area contributed by atoms with Crippen molar-refractivity contribution in [2.24, 2.45) is 5.73 Å². The Balaban J connectivity index is 3.06. The number of rotatable bonds is 4. The van der Waals surface area contributed by atoms with Crippen LogP contribution < -0.4 is 5.73 Å². The molecule has 1 rings (SSSR count). The van der Waals surface area contributed by atoms with Crippen LogP contribution in [-0.4, -0.2) is 14.2 Å². The topological polar surface area (TPSA) is 60.2 Å². The summed E-state index contributed by atoms with van der Waals surface area (Å²) in [7, 11) is -3.20. The number of hydrogen-bond acceptors (Lipinski definition) is 3. The molecule has 2 N–H and O–H groups in total. The number of halogens is 1. The summed E-state index contributed by atoms with van der Waals surface area (Å²) in [5, 5.41) is 0. The van der Waals surface area contributed by atoms with Crippen LogP contribution in [0.25, 0.3) is 0 Å². The van der Waals surface area contributed by atoms with Gasteiger partial charge in [-0.25, -0.2) is 12.8 Å². The van der Waals surface area contributed by atoms with E-state index in [1.165, 1.54) is 6.07 Å². The van der Waals surface area contributed by atoms with Gasteiger partial charge in [-0.2, -0.15) is 0 Å². The molecule has 0 aliphatic heterocycles. The Hall–Kier alpha value is -0.940. The summed E-state index contributed by atoms with van der Waals surface area (Å²) in [5.74, 6) is -0.750. The van der Waals surface area contributed by atoms with Gasteiger partial charge in [0.2, 0.25) is 0 Å². The molecular formula is C10H14FNO2S. The average Bonchev–Trinajstić information content (AvgIpc) is 2.21. The third-order valence-electron chi connectivity index (χ3n) is 2.19. The molecule has 0 saturated carbocycles. The van der Waals surface area contributed by atoms with E-state index in [0.717, 1.165) is 0 Å². The van der Waals surface area contributed by atoms with E-state index in [4.69, 9.17) is 5.73 Å². The van der Waals surface area contributed by atoms with Gasteiger partial charge in [-0.05, 0) is 0 Å². The molecule has 1 aromatic rings. The van der Waals surface area contributed by atoms with Crippen LogP contribution in [0.3, 0.4) is 0 Å². The van der Waals surface area contributed by atoms with Crippen molar-refractivity contribution >= 4 is 9.84 Å². The van der Waals surface area contributed by atoms with Crippen molar-refractivity contribution in [1.29, 1.82) is 0 Å². The molecule has 0 heterocycles. The van der Waals surface area contributed by atoms with Gasteiger partial charge in [-0.3, -0.25) is 0 Å². The zero-order valence-electron chi connectivity index (χ0n) is 8.53. The highest BCUT2D eigenvalue weighted by atomic mass is 32.2. The van der Waals surface area contributed by atoms with Crippen molar-refractivity contribution < 1.29 is 12.8 Å². The zero-order chi connectivity index (χ0) is 11.5. The van der Waals surface area contributed by atoms with Crippen LogP contribution in [0.5, 0.6) is 0 Å². The van der Waals surface area contributed by atoms with E-state index in [-0.39, 0.29) is 23.6 Å². The minimum Gasteiger partial charge on any atom is -0.326 e. The second-order valence-corrected chi connectivity index (χ2v) is 5.62. The molecule has 5 heteroatoms. The van der Waals surface area contributed by atoms with Crippen LogP contribution in [0.4, 0.5) is 4.39 Å². The van der Waals surface area contributed by atoms with Gasteiger partial charge in [0.25, 0.3) is 0 Å². The summed E-state index contributed by atoms with van der Waals surface area (Å²) in [6.45, 7) is 1.62. The van der Waals surface area contributed by atoms with Crippen molar-refractivity contribution in [3.63, 3.8) is 0 Å². The van der Waals surface area contributed by atoms with E-state index in [1.807, 2.05) is 0 Å². The fraction of sp³-hybridized carbons (Fsp3) is 0.400. The molecule has 0 unspecified atom stereocenters. The second-order valence-electron chi connectivity index (χ2n) is 3.27. The third-order valence-corrected chi connectivity index (χ3v) is 3.82. The summed E-state index contributed by atoms with van der Waals surface area (Å²) < 4.78 is 36.2. The smallest absolute Gasteiger partial charge is 0.154 e. The molecule has 0 spiro atoms. The van der Waals surface area contributed by atoms with Crippen molar-refractivity contribution in [3.05, 3.63) is 35.1 Å². The Morgan fingerprint density at radius 3 is 2.47 bits per heavy atom. The van der Waals surface area contributed by atoms with Crippen LogP contribution in [-0.2, 0) is 22.1 Å². The van der Waals surface area contributed by atoms with Gasteiger partial charge in [-0.15, -0.1) is 0 Å². The Morgan fingerprint density at radius 1 is 1.33 bits per heavy atom. The zero-order valence-corrected chi connectivity index (χ0v) is 9.35. The summed E-state index contributed by atoms with van der Waals surface area (Å²) in [4.78, 5) is 0. The van der Waals surface area contributed by atoms with E-state index in [2.05, 4.69) is 0 Å². The Morgan fingerprint density at radius 2 is 1.93 bits per heavy atom. The minimum atomic E-state index is -3.20. The highest BCUT2D eigenvalue weighted by molar-refractivity contribution is 7.90. The van der Waals surface area contributed by atoms with Crippen LogP contribution in [0, 0.1) is 5.82 Å². The highest BCUT2D eigenvalue weighted by Gasteiger charge is 2.14. The molecule has 0 aliphatic rings. The summed E-state index contributed by atoms with van der Waals surface area (Å²) in [5.41, 5.74) is 5.87. The van der Waals surface area contributed by atoms with E-state index >= 15 is 0 Å². The van der Waals surface area contributed by atoms with Gasteiger partial charge < -0.3 is 5.73 Å². The Kier molecular flexibility index (Phi) is 3.82. The number of hydrogen-bond donors (Lipinski definition) is 1. The molecule has 0 aromatic heterocycles. The lowest BCUT2D eigenvalue weighted by Crippen LogP contribution is -2.10.